The van der Waals surface area contributed by atoms with E-state index in [0.717, 1.165) is 100 Å². The number of nitrogens with zero attached hydrogens (tertiary/aromatic N) is 6. The number of likely N-dealkylation sites (tertiary alicyclic amines) is 1. The van der Waals surface area contributed by atoms with Gasteiger partial charge >= 0.3 is 0 Å². The first-order valence-corrected chi connectivity index (χ1v) is 20.8. The minimum absolute atomic E-state index is 0.0567. The third-order valence-electron chi connectivity index (χ3n) is 13.0. The molecule has 3 unspecified atom stereocenters. The molecule has 0 radical (unpaired) electrons. The number of benzene rings is 2. The summed E-state index contributed by atoms with van der Waals surface area (Å²) in [5, 5.41) is 18.3. The third kappa shape index (κ3) is 8.32. The zero-order valence-electron chi connectivity index (χ0n) is 33.2. The molecule has 302 valence electrons. The summed E-state index contributed by atoms with van der Waals surface area (Å²) in [6.07, 6.45) is 10.8. The number of phenolic OH excluding ortho intramolecular Hbond substituents is 1. The molecule has 57 heavy (non-hydrogen) atoms. The lowest BCUT2D eigenvalue weighted by Crippen LogP contribution is -2.55. The van der Waals surface area contributed by atoms with Gasteiger partial charge in [0.05, 0.1) is 11.2 Å². The molecule has 2 aromatic carbocycles. The number of aromatic nitrogens is 2. The second-order valence-electron chi connectivity index (χ2n) is 16.4. The molecule has 8 rings (SSSR count). The molecule has 4 aliphatic rings. The first kappa shape index (κ1) is 38.7. The van der Waals surface area contributed by atoms with Crippen LogP contribution in [0.3, 0.4) is 0 Å². The lowest BCUT2D eigenvalue weighted by atomic mass is 10.0. The average molecular weight is 775 g/mol. The molecule has 2 aromatic heterocycles. The molecule has 3 fully saturated rings. The van der Waals surface area contributed by atoms with Crippen LogP contribution in [-0.4, -0.2) is 124 Å². The fraction of sp³-hybridized carbons (Fsp3) is 0.477. The number of piperidine rings is 1. The van der Waals surface area contributed by atoms with Gasteiger partial charge in [-0.25, -0.2) is 4.98 Å². The topological polar surface area (TPSA) is 161 Å². The summed E-state index contributed by atoms with van der Waals surface area (Å²) in [7, 11) is 0. The Morgan fingerprint density at radius 3 is 2.54 bits per heavy atom. The van der Waals surface area contributed by atoms with Crippen LogP contribution in [0.1, 0.15) is 62.6 Å². The molecule has 13 nitrogen and oxygen atoms in total. The van der Waals surface area contributed by atoms with Crippen molar-refractivity contribution in [3.05, 3.63) is 89.5 Å². The third-order valence-corrected chi connectivity index (χ3v) is 13.0. The predicted octanol–water partition coefficient (Wildman–Crippen LogP) is 3.70. The second-order valence-corrected chi connectivity index (χ2v) is 16.4. The van der Waals surface area contributed by atoms with Gasteiger partial charge < -0.3 is 36.3 Å². The van der Waals surface area contributed by atoms with E-state index in [0.29, 0.717) is 48.0 Å². The molecule has 2 amide bonds. The number of hydrogen-bond donors (Lipinski definition) is 5. The van der Waals surface area contributed by atoms with Crippen molar-refractivity contribution >= 4 is 40.0 Å². The standard InChI is InChI=1S/C44H58N10O3/c1-30(10-13-42(57)49-29-55)54-39-12-11-31(24-37(39)35-8-4-16-47-44(35)54)6-5-17-50-18-14-32(15-19-50)51-20-22-52(23-21-51)34-25-33-27-48-43(46)40(53(33)28-34)26-38(45)36-7-2-3-9-41(36)56/h2-4,7-9,11-12,16,24,26,29-30,32-34,48,56H,5-6,10,13-15,17-23,25,27-28,45-46H2,1H3,(H,49,55,57)/b38-26-. The van der Waals surface area contributed by atoms with Gasteiger partial charge in [-0.1, -0.05) is 18.2 Å². The number of carbonyl (C=O) groups is 2. The maximum absolute atomic E-state index is 12.0. The normalized spacial score (nSPS) is 22.2. The first-order chi connectivity index (χ1) is 27.8. The number of aromatic hydroxyl groups is 1. The van der Waals surface area contributed by atoms with Gasteiger partial charge in [0.25, 0.3) is 0 Å². The van der Waals surface area contributed by atoms with Crippen molar-refractivity contribution in [3.8, 4) is 5.75 Å². The number of amides is 2. The van der Waals surface area contributed by atoms with E-state index in [9.17, 15) is 14.7 Å². The number of hydrogen-bond acceptors (Lipinski definition) is 11. The molecular weight excluding hydrogens is 717 g/mol. The summed E-state index contributed by atoms with van der Waals surface area (Å²) in [4.78, 5) is 37.9. The van der Waals surface area contributed by atoms with Crippen molar-refractivity contribution in [3.63, 3.8) is 0 Å². The summed E-state index contributed by atoms with van der Waals surface area (Å²) in [6.45, 7) is 11.8. The van der Waals surface area contributed by atoms with E-state index in [2.05, 4.69) is 66.0 Å². The lowest BCUT2D eigenvalue weighted by Gasteiger charge is -2.44. The summed E-state index contributed by atoms with van der Waals surface area (Å²) in [6, 6.07) is 19.7. The Balaban J connectivity index is 0.796. The van der Waals surface area contributed by atoms with Crippen molar-refractivity contribution in [2.75, 3.05) is 58.9 Å². The lowest BCUT2D eigenvalue weighted by molar-refractivity contribution is -0.125. The van der Waals surface area contributed by atoms with E-state index in [1.54, 1.807) is 12.1 Å². The van der Waals surface area contributed by atoms with E-state index >= 15 is 0 Å². The Bertz CT molecular complexity index is 2130. The monoisotopic (exact) mass is 774 g/mol. The molecule has 3 saturated heterocycles. The summed E-state index contributed by atoms with van der Waals surface area (Å²) < 4.78 is 2.24. The number of nitrogens with two attached hydrogens (primary N) is 2. The zero-order valence-corrected chi connectivity index (χ0v) is 33.2. The highest BCUT2D eigenvalue weighted by atomic mass is 16.3. The van der Waals surface area contributed by atoms with E-state index in [1.807, 2.05) is 30.5 Å². The Kier molecular flexibility index (Phi) is 11.7. The number of nitrogens with one attached hydrogen (secondary N) is 2. The average Bonchev–Trinajstić information content (AvgIpc) is 3.81. The number of fused-ring (bicyclic) bond motifs is 4. The van der Waals surface area contributed by atoms with Crippen molar-refractivity contribution in [1.82, 2.24) is 39.8 Å². The highest BCUT2D eigenvalue weighted by Gasteiger charge is 2.40. The highest BCUT2D eigenvalue weighted by Crippen LogP contribution is 2.34. The first-order valence-electron chi connectivity index (χ1n) is 20.8. The van der Waals surface area contributed by atoms with Crippen molar-refractivity contribution in [2.24, 2.45) is 11.5 Å². The number of aryl methyl sites for hydroxylation is 1. The van der Waals surface area contributed by atoms with Gasteiger partial charge in [0, 0.05) is 98.1 Å². The molecule has 4 aromatic rings. The Labute approximate surface area is 335 Å². The van der Waals surface area contributed by atoms with Crippen LogP contribution in [0.5, 0.6) is 5.75 Å². The van der Waals surface area contributed by atoms with Crippen LogP contribution < -0.4 is 22.1 Å². The van der Waals surface area contributed by atoms with Crippen LogP contribution in [0.15, 0.2) is 78.4 Å². The number of imide groups is 1. The van der Waals surface area contributed by atoms with Gasteiger partial charge in [-0.15, -0.1) is 0 Å². The van der Waals surface area contributed by atoms with Gasteiger partial charge in [-0.2, -0.15) is 0 Å². The minimum Gasteiger partial charge on any atom is -0.507 e. The Morgan fingerprint density at radius 2 is 1.77 bits per heavy atom. The fourth-order valence-electron chi connectivity index (χ4n) is 9.84. The van der Waals surface area contributed by atoms with Gasteiger partial charge in [0.2, 0.25) is 12.3 Å². The van der Waals surface area contributed by atoms with Crippen molar-refractivity contribution in [1.29, 1.82) is 0 Å². The molecule has 0 spiro atoms. The molecule has 7 N–H and O–H groups in total. The van der Waals surface area contributed by atoms with E-state index < -0.39 is 0 Å². The van der Waals surface area contributed by atoms with Gasteiger partial charge in [0.15, 0.2) is 0 Å². The molecule has 13 heteroatoms. The van der Waals surface area contributed by atoms with Crippen molar-refractivity contribution in [2.45, 2.75) is 76.0 Å². The summed E-state index contributed by atoms with van der Waals surface area (Å²) in [5.41, 5.74) is 18.4. The molecular formula is C44H58N10O3. The fourth-order valence-corrected chi connectivity index (χ4v) is 9.84. The van der Waals surface area contributed by atoms with E-state index in [4.69, 9.17) is 16.5 Å². The van der Waals surface area contributed by atoms with Crippen LogP contribution in [0, 0.1) is 0 Å². The second kappa shape index (κ2) is 17.2. The molecule has 0 aliphatic carbocycles. The van der Waals surface area contributed by atoms with Crippen LogP contribution in [0.4, 0.5) is 0 Å². The smallest absolute Gasteiger partial charge is 0.226 e. The van der Waals surface area contributed by atoms with Crippen LogP contribution in [-0.2, 0) is 16.0 Å². The number of piperazine rings is 1. The van der Waals surface area contributed by atoms with Gasteiger partial charge in [-0.3, -0.25) is 24.7 Å². The molecule has 3 atom stereocenters. The number of pyridine rings is 1. The number of allylic oxidation sites excluding steroid dienone is 1. The predicted molar refractivity (Wildman–Crippen MR) is 225 cm³/mol. The SMILES string of the molecule is CC(CCC(=O)NC=O)n1c2ccc(CCCN3CCC(N4CCN(C5CC6CNC(N)=C(/C=C(\N)c7ccccc7O)N6C5)CC4)CC3)cc2c2cccnc21. The van der Waals surface area contributed by atoms with Crippen LogP contribution in [0.2, 0.25) is 0 Å². The van der Waals surface area contributed by atoms with Crippen LogP contribution >= 0.6 is 0 Å². The molecule has 4 aliphatic heterocycles. The largest absolute Gasteiger partial charge is 0.507 e. The van der Waals surface area contributed by atoms with Crippen LogP contribution in [0.25, 0.3) is 27.6 Å². The number of phenols is 1. The minimum atomic E-state index is -0.257. The number of para-hydroxylation sites is 1. The highest BCUT2D eigenvalue weighted by molar-refractivity contribution is 6.07. The Morgan fingerprint density at radius 1 is 1.00 bits per heavy atom. The molecule has 0 bridgehead atoms. The van der Waals surface area contributed by atoms with Crippen molar-refractivity contribution < 1.29 is 14.7 Å². The summed E-state index contributed by atoms with van der Waals surface area (Å²) in [5.74, 6) is 0.558. The Hall–Kier alpha value is -5.11. The maximum atomic E-state index is 12.0. The summed E-state index contributed by atoms with van der Waals surface area (Å²) >= 11 is 0. The zero-order chi connectivity index (χ0) is 39.5. The van der Waals surface area contributed by atoms with Gasteiger partial charge in [-0.05, 0) is 113 Å². The van der Waals surface area contributed by atoms with Gasteiger partial charge in [0.1, 0.15) is 17.2 Å². The quantitative estimate of drug-likeness (QED) is 0.126. The van der Waals surface area contributed by atoms with E-state index in [1.165, 1.54) is 23.8 Å². The number of carbonyl (C=O) groups excluding carboxylic acids is 2. The number of rotatable bonds is 13. The van der Waals surface area contributed by atoms with E-state index in [-0.39, 0.29) is 24.1 Å². The molecule has 6 heterocycles. The molecule has 0 saturated carbocycles. The maximum Gasteiger partial charge on any atom is 0.226 e.